The Hall–Kier alpha value is -1.09. The molecule has 1 aromatic heterocycles. The van der Waals surface area contributed by atoms with Gasteiger partial charge in [-0.1, -0.05) is 29.3 Å². The van der Waals surface area contributed by atoms with E-state index in [2.05, 4.69) is 24.3 Å². The molecule has 2 rings (SSSR count). The minimum atomic E-state index is 0.602. The molecular weight excluding hydrogens is 250 g/mol. The molecule has 3 heteroatoms. The molecule has 0 unspecified atom stereocenters. The zero-order valence-corrected chi connectivity index (χ0v) is 11.2. The van der Waals surface area contributed by atoms with Crippen molar-refractivity contribution in [3.8, 4) is 10.4 Å². The number of thiophene rings is 1. The van der Waals surface area contributed by atoms with Gasteiger partial charge in [0.05, 0.1) is 0 Å². The van der Waals surface area contributed by atoms with Crippen molar-refractivity contribution in [1.82, 2.24) is 0 Å². The monoisotopic (exact) mass is 263 g/mol. The van der Waals surface area contributed by atoms with Crippen molar-refractivity contribution in [3.05, 3.63) is 51.9 Å². The SMILES string of the molecule is CC(=Cc1ccc(-c2cccc(Cl)c2)s1)CN. The highest BCUT2D eigenvalue weighted by molar-refractivity contribution is 7.16. The first-order chi connectivity index (χ1) is 8.19. The standard InChI is InChI=1S/C14H14ClNS/c1-10(9-16)7-13-5-6-14(17-13)11-3-2-4-12(15)8-11/h2-8H,9,16H2,1H3. The largest absolute Gasteiger partial charge is 0.327 e. The van der Waals surface area contributed by atoms with Crippen molar-refractivity contribution in [2.24, 2.45) is 5.73 Å². The Morgan fingerprint density at radius 2 is 2.18 bits per heavy atom. The average molecular weight is 264 g/mol. The van der Waals surface area contributed by atoms with E-state index in [1.807, 2.05) is 25.1 Å². The van der Waals surface area contributed by atoms with Crippen LogP contribution in [-0.2, 0) is 0 Å². The minimum absolute atomic E-state index is 0.602. The highest BCUT2D eigenvalue weighted by atomic mass is 35.5. The van der Waals surface area contributed by atoms with E-state index >= 15 is 0 Å². The summed E-state index contributed by atoms with van der Waals surface area (Å²) in [5.41, 5.74) is 7.92. The van der Waals surface area contributed by atoms with Gasteiger partial charge in [0.15, 0.2) is 0 Å². The van der Waals surface area contributed by atoms with E-state index in [-0.39, 0.29) is 0 Å². The van der Waals surface area contributed by atoms with Crippen molar-refractivity contribution >= 4 is 29.0 Å². The maximum absolute atomic E-state index is 5.98. The van der Waals surface area contributed by atoms with Gasteiger partial charge in [-0.15, -0.1) is 11.3 Å². The third-order valence-electron chi connectivity index (χ3n) is 2.45. The normalized spacial score (nSPS) is 11.8. The second kappa shape index (κ2) is 5.50. The predicted molar refractivity (Wildman–Crippen MR) is 77.5 cm³/mol. The Morgan fingerprint density at radius 1 is 1.35 bits per heavy atom. The lowest BCUT2D eigenvalue weighted by Gasteiger charge is -1.97. The molecule has 1 nitrogen and oxygen atoms in total. The summed E-state index contributed by atoms with van der Waals surface area (Å²) in [6, 6.07) is 12.1. The fourth-order valence-corrected chi connectivity index (χ4v) is 2.75. The van der Waals surface area contributed by atoms with Crippen LogP contribution in [0, 0.1) is 0 Å². The topological polar surface area (TPSA) is 26.0 Å². The molecule has 1 heterocycles. The lowest BCUT2D eigenvalue weighted by molar-refractivity contribution is 1.15. The molecule has 1 aromatic carbocycles. The highest BCUT2D eigenvalue weighted by Crippen LogP contribution is 2.30. The molecule has 0 fully saturated rings. The van der Waals surface area contributed by atoms with Gasteiger partial charge >= 0.3 is 0 Å². The van der Waals surface area contributed by atoms with Gasteiger partial charge in [-0.2, -0.15) is 0 Å². The van der Waals surface area contributed by atoms with Gasteiger partial charge in [-0.05, 0) is 42.8 Å². The second-order valence-corrected chi connectivity index (χ2v) is 5.46. The first kappa shape index (κ1) is 12.4. The maximum Gasteiger partial charge on any atom is 0.0412 e. The van der Waals surface area contributed by atoms with E-state index in [0.717, 1.165) is 10.6 Å². The number of rotatable bonds is 3. The lowest BCUT2D eigenvalue weighted by Crippen LogP contribution is -1.98. The Morgan fingerprint density at radius 3 is 2.88 bits per heavy atom. The first-order valence-corrected chi connectivity index (χ1v) is 6.61. The van der Waals surface area contributed by atoms with E-state index in [4.69, 9.17) is 17.3 Å². The van der Waals surface area contributed by atoms with E-state index in [1.165, 1.54) is 15.3 Å². The molecule has 2 N–H and O–H groups in total. The van der Waals surface area contributed by atoms with Crippen LogP contribution in [-0.4, -0.2) is 6.54 Å². The van der Waals surface area contributed by atoms with Gasteiger partial charge in [0, 0.05) is 21.3 Å². The summed E-state index contributed by atoms with van der Waals surface area (Å²) in [6.07, 6.45) is 2.12. The van der Waals surface area contributed by atoms with Crippen molar-refractivity contribution in [2.45, 2.75) is 6.92 Å². The van der Waals surface area contributed by atoms with Gasteiger partial charge < -0.3 is 5.73 Å². The third kappa shape index (κ3) is 3.19. The molecule has 0 radical (unpaired) electrons. The summed E-state index contributed by atoms with van der Waals surface area (Å²) in [5, 5.41) is 0.770. The van der Waals surface area contributed by atoms with Crippen LogP contribution in [0.25, 0.3) is 16.5 Å². The predicted octanol–water partition coefficient (Wildman–Crippen LogP) is 4.43. The molecule has 0 saturated carbocycles. The van der Waals surface area contributed by atoms with Crippen LogP contribution in [0.15, 0.2) is 42.0 Å². The highest BCUT2D eigenvalue weighted by Gasteiger charge is 2.02. The van der Waals surface area contributed by atoms with Gasteiger partial charge in [-0.3, -0.25) is 0 Å². The first-order valence-electron chi connectivity index (χ1n) is 5.42. The van der Waals surface area contributed by atoms with Crippen molar-refractivity contribution in [2.75, 3.05) is 6.54 Å². The molecule has 0 saturated heterocycles. The van der Waals surface area contributed by atoms with Gasteiger partial charge in [0.2, 0.25) is 0 Å². The molecule has 0 atom stereocenters. The molecular formula is C14H14ClNS. The van der Waals surface area contributed by atoms with E-state index in [0.29, 0.717) is 6.54 Å². The number of benzene rings is 1. The summed E-state index contributed by atoms with van der Waals surface area (Å²) in [6.45, 7) is 2.64. The van der Waals surface area contributed by atoms with Gasteiger partial charge in [0.1, 0.15) is 0 Å². The summed E-state index contributed by atoms with van der Waals surface area (Å²) < 4.78 is 0. The van der Waals surface area contributed by atoms with Crippen LogP contribution in [0.5, 0.6) is 0 Å². The minimum Gasteiger partial charge on any atom is -0.327 e. The smallest absolute Gasteiger partial charge is 0.0412 e. The van der Waals surface area contributed by atoms with Gasteiger partial charge in [-0.25, -0.2) is 0 Å². The number of hydrogen-bond donors (Lipinski definition) is 1. The number of hydrogen-bond acceptors (Lipinski definition) is 2. The van der Waals surface area contributed by atoms with Crippen LogP contribution >= 0.6 is 22.9 Å². The third-order valence-corrected chi connectivity index (χ3v) is 3.76. The Kier molecular flexibility index (Phi) is 4.00. The molecule has 0 amide bonds. The van der Waals surface area contributed by atoms with E-state index in [9.17, 15) is 0 Å². The van der Waals surface area contributed by atoms with Crippen LogP contribution in [0.3, 0.4) is 0 Å². The molecule has 88 valence electrons. The van der Waals surface area contributed by atoms with Gasteiger partial charge in [0.25, 0.3) is 0 Å². The summed E-state index contributed by atoms with van der Waals surface area (Å²) >= 11 is 7.73. The molecule has 0 aliphatic rings. The number of halogens is 1. The quantitative estimate of drug-likeness (QED) is 0.871. The van der Waals surface area contributed by atoms with Crippen LogP contribution in [0.2, 0.25) is 5.02 Å². The van der Waals surface area contributed by atoms with Crippen LogP contribution in [0.1, 0.15) is 11.8 Å². The molecule has 17 heavy (non-hydrogen) atoms. The van der Waals surface area contributed by atoms with E-state index in [1.54, 1.807) is 11.3 Å². The fraction of sp³-hybridized carbons (Fsp3) is 0.143. The summed E-state index contributed by atoms with van der Waals surface area (Å²) in [4.78, 5) is 2.45. The zero-order chi connectivity index (χ0) is 12.3. The van der Waals surface area contributed by atoms with Crippen molar-refractivity contribution in [3.63, 3.8) is 0 Å². The molecule has 0 spiro atoms. The molecule has 0 aliphatic carbocycles. The molecule has 2 aromatic rings. The van der Waals surface area contributed by atoms with Crippen molar-refractivity contribution in [1.29, 1.82) is 0 Å². The summed E-state index contributed by atoms with van der Waals surface area (Å²) in [5.74, 6) is 0. The Labute approximate surface area is 111 Å². The molecule has 0 aliphatic heterocycles. The number of nitrogens with two attached hydrogens (primary N) is 1. The Balaban J connectivity index is 2.30. The maximum atomic E-state index is 5.98. The summed E-state index contributed by atoms with van der Waals surface area (Å²) in [7, 11) is 0. The van der Waals surface area contributed by atoms with Crippen LogP contribution in [0.4, 0.5) is 0 Å². The fourth-order valence-electron chi connectivity index (χ4n) is 1.53. The second-order valence-electron chi connectivity index (χ2n) is 3.91. The van der Waals surface area contributed by atoms with Crippen molar-refractivity contribution < 1.29 is 0 Å². The Bertz CT molecular complexity index is 543. The van der Waals surface area contributed by atoms with E-state index < -0.39 is 0 Å². The average Bonchev–Trinajstić information content (AvgIpc) is 2.77. The lowest BCUT2D eigenvalue weighted by atomic mass is 10.2. The zero-order valence-electron chi connectivity index (χ0n) is 9.61. The molecule has 0 bridgehead atoms. The van der Waals surface area contributed by atoms with Crippen LogP contribution < -0.4 is 5.73 Å².